The van der Waals surface area contributed by atoms with Crippen LogP contribution in [-0.2, 0) is 16.6 Å². The van der Waals surface area contributed by atoms with Crippen molar-refractivity contribution >= 4 is 21.1 Å². The number of sulfonamides is 1. The molecule has 6 nitrogen and oxygen atoms in total. The standard InChI is InChI=1S/C12H12N4O2S/c17-19(18,9-5-6-13-7-9)14-8-12-15-10-3-1-2-4-11(10)16-12/h1-7,13-14H,8H2,(H,15,16). The normalized spacial score (nSPS) is 12.0. The van der Waals surface area contributed by atoms with E-state index in [0.717, 1.165) is 11.0 Å². The van der Waals surface area contributed by atoms with Crippen LogP contribution in [0.5, 0.6) is 0 Å². The number of para-hydroxylation sites is 2. The summed E-state index contributed by atoms with van der Waals surface area (Å²) in [5.74, 6) is 0.584. The number of rotatable bonds is 4. The summed E-state index contributed by atoms with van der Waals surface area (Å²) in [7, 11) is -3.49. The number of fused-ring (bicyclic) bond motifs is 1. The first-order valence-corrected chi connectivity index (χ1v) is 7.19. The van der Waals surface area contributed by atoms with Gasteiger partial charge in [0, 0.05) is 12.4 Å². The van der Waals surface area contributed by atoms with E-state index >= 15 is 0 Å². The van der Waals surface area contributed by atoms with Crippen LogP contribution in [0.15, 0.2) is 47.6 Å². The van der Waals surface area contributed by atoms with Gasteiger partial charge in [0.1, 0.15) is 5.82 Å². The number of H-pyrrole nitrogens is 2. The SMILES string of the molecule is O=S(=O)(NCc1nc2ccccc2[nH]1)c1cc[nH]c1. The van der Waals surface area contributed by atoms with Gasteiger partial charge in [0.25, 0.3) is 0 Å². The Morgan fingerprint density at radius 3 is 2.79 bits per heavy atom. The molecule has 19 heavy (non-hydrogen) atoms. The molecule has 0 aliphatic heterocycles. The quantitative estimate of drug-likeness (QED) is 0.672. The largest absolute Gasteiger partial charge is 0.366 e. The van der Waals surface area contributed by atoms with Crippen LogP contribution in [0.3, 0.4) is 0 Å². The molecule has 0 bridgehead atoms. The first-order chi connectivity index (χ1) is 9.15. The number of aromatic nitrogens is 3. The van der Waals surface area contributed by atoms with Gasteiger partial charge in [0.2, 0.25) is 10.0 Å². The molecule has 0 aliphatic rings. The van der Waals surface area contributed by atoms with E-state index in [0.29, 0.717) is 5.82 Å². The molecule has 0 fully saturated rings. The van der Waals surface area contributed by atoms with Crippen molar-refractivity contribution in [2.45, 2.75) is 11.4 Å². The zero-order chi connectivity index (χ0) is 13.3. The van der Waals surface area contributed by atoms with E-state index < -0.39 is 10.0 Å². The van der Waals surface area contributed by atoms with Gasteiger partial charge in [0.05, 0.1) is 22.5 Å². The first-order valence-electron chi connectivity index (χ1n) is 5.71. The Balaban J connectivity index is 1.79. The lowest BCUT2D eigenvalue weighted by Crippen LogP contribution is -2.23. The van der Waals surface area contributed by atoms with Crippen molar-refractivity contribution in [3.8, 4) is 0 Å². The molecule has 0 atom stereocenters. The third-order valence-electron chi connectivity index (χ3n) is 2.75. The van der Waals surface area contributed by atoms with Crippen LogP contribution in [0.4, 0.5) is 0 Å². The van der Waals surface area contributed by atoms with Crippen LogP contribution in [0.1, 0.15) is 5.82 Å². The van der Waals surface area contributed by atoms with E-state index in [1.165, 1.54) is 12.3 Å². The average Bonchev–Trinajstić information content (AvgIpc) is 3.05. The zero-order valence-electron chi connectivity index (χ0n) is 9.92. The fourth-order valence-electron chi connectivity index (χ4n) is 1.81. The number of aromatic amines is 2. The van der Waals surface area contributed by atoms with Crippen LogP contribution < -0.4 is 4.72 Å². The fraction of sp³-hybridized carbons (Fsp3) is 0.0833. The Morgan fingerprint density at radius 1 is 1.21 bits per heavy atom. The van der Waals surface area contributed by atoms with Gasteiger partial charge in [-0.25, -0.2) is 18.1 Å². The highest BCUT2D eigenvalue weighted by Gasteiger charge is 2.14. The maximum atomic E-state index is 11.9. The van der Waals surface area contributed by atoms with Crippen molar-refractivity contribution in [3.63, 3.8) is 0 Å². The van der Waals surface area contributed by atoms with Crippen molar-refractivity contribution in [3.05, 3.63) is 48.5 Å². The maximum absolute atomic E-state index is 11.9. The Bertz CT molecular complexity index is 757. The molecule has 98 valence electrons. The number of hydrogen-bond donors (Lipinski definition) is 3. The van der Waals surface area contributed by atoms with Crippen molar-refractivity contribution < 1.29 is 8.42 Å². The molecular formula is C12H12N4O2S. The smallest absolute Gasteiger partial charge is 0.242 e. The van der Waals surface area contributed by atoms with Gasteiger partial charge in [0.15, 0.2) is 0 Å². The Morgan fingerprint density at radius 2 is 2.05 bits per heavy atom. The minimum absolute atomic E-state index is 0.127. The van der Waals surface area contributed by atoms with Crippen molar-refractivity contribution in [1.29, 1.82) is 0 Å². The molecule has 0 saturated heterocycles. The fourth-order valence-corrected chi connectivity index (χ4v) is 2.78. The number of benzene rings is 1. The predicted molar refractivity (Wildman–Crippen MR) is 70.9 cm³/mol. The Kier molecular flexibility index (Phi) is 2.84. The van der Waals surface area contributed by atoms with Crippen LogP contribution in [0, 0.1) is 0 Å². The van der Waals surface area contributed by atoms with E-state index in [4.69, 9.17) is 0 Å². The number of nitrogens with zero attached hydrogens (tertiary/aromatic N) is 1. The second kappa shape index (κ2) is 4.52. The number of nitrogens with one attached hydrogen (secondary N) is 3. The second-order valence-electron chi connectivity index (χ2n) is 4.07. The summed E-state index contributed by atoms with van der Waals surface area (Å²) in [5, 5.41) is 0. The molecule has 0 radical (unpaired) electrons. The van der Waals surface area contributed by atoms with Crippen molar-refractivity contribution in [2.24, 2.45) is 0 Å². The minimum Gasteiger partial charge on any atom is -0.366 e. The Hall–Kier alpha value is -2.12. The molecule has 7 heteroatoms. The predicted octanol–water partition coefficient (Wildman–Crippen LogP) is 1.37. The van der Waals surface area contributed by atoms with Gasteiger partial charge in [-0.1, -0.05) is 12.1 Å². The summed E-state index contributed by atoms with van der Waals surface area (Å²) < 4.78 is 26.3. The maximum Gasteiger partial charge on any atom is 0.242 e. The molecule has 3 rings (SSSR count). The van der Waals surface area contributed by atoms with Gasteiger partial charge in [-0.3, -0.25) is 0 Å². The van der Waals surface area contributed by atoms with Gasteiger partial charge < -0.3 is 9.97 Å². The van der Waals surface area contributed by atoms with Gasteiger partial charge in [-0.2, -0.15) is 0 Å². The lowest BCUT2D eigenvalue weighted by molar-refractivity contribution is 0.580. The average molecular weight is 276 g/mol. The molecule has 1 aromatic carbocycles. The molecule has 0 saturated carbocycles. The molecule has 0 unspecified atom stereocenters. The monoisotopic (exact) mass is 276 g/mol. The summed E-state index contributed by atoms with van der Waals surface area (Å²) in [6, 6.07) is 9.05. The highest BCUT2D eigenvalue weighted by molar-refractivity contribution is 7.89. The van der Waals surface area contributed by atoms with Crippen molar-refractivity contribution in [2.75, 3.05) is 0 Å². The third kappa shape index (κ3) is 2.38. The summed E-state index contributed by atoms with van der Waals surface area (Å²) >= 11 is 0. The van der Waals surface area contributed by atoms with Crippen LogP contribution in [-0.4, -0.2) is 23.4 Å². The van der Waals surface area contributed by atoms with Crippen molar-refractivity contribution in [1.82, 2.24) is 19.7 Å². The number of imidazole rings is 1. The van der Waals surface area contributed by atoms with E-state index in [1.807, 2.05) is 24.3 Å². The molecular weight excluding hydrogens is 264 g/mol. The van der Waals surface area contributed by atoms with E-state index in [2.05, 4.69) is 19.7 Å². The molecule has 0 aliphatic carbocycles. The molecule has 0 spiro atoms. The van der Waals surface area contributed by atoms with Gasteiger partial charge in [-0.05, 0) is 18.2 Å². The summed E-state index contributed by atoms with van der Waals surface area (Å²) in [4.78, 5) is 10.3. The first kappa shape index (κ1) is 11.9. The summed E-state index contributed by atoms with van der Waals surface area (Å²) in [6.45, 7) is 0.127. The molecule has 2 aromatic heterocycles. The minimum atomic E-state index is -3.49. The second-order valence-corrected chi connectivity index (χ2v) is 5.84. The molecule has 3 N–H and O–H groups in total. The van der Waals surface area contributed by atoms with E-state index in [1.54, 1.807) is 6.20 Å². The van der Waals surface area contributed by atoms with Crippen LogP contribution in [0.2, 0.25) is 0 Å². The van der Waals surface area contributed by atoms with Gasteiger partial charge >= 0.3 is 0 Å². The van der Waals surface area contributed by atoms with E-state index in [-0.39, 0.29) is 11.4 Å². The summed E-state index contributed by atoms with van der Waals surface area (Å²) in [5.41, 5.74) is 1.71. The third-order valence-corrected chi connectivity index (χ3v) is 4.15. The zero-order valence-corrected chi connectivity index (χ0v) is 10.7. The van der Waals surface area contributed by atoms with Crippen LogP contribution >= 0.6 is 0 Å². The topological polar surface area (TPSA) is 90.6 Å². The lowest BCUT2D eigenvalue weighted by Gasteiger charge is -2.02. The molecule has 0 amide bonds. The molecule has 3 aromatic rings. The van der Waals surface area contributed by atoms with E-state index in [9.17, 15) is 8.42 Å². The number of hydrogen-bond acceptors (Lipinski definition) is 3. The van der Waals surface area contributed by atoms with Crippen LogP contribution in [0.25, 0.3) is 11.0 Å². The Labute approximate surface area is 109 Å². The molecule has 2 heterocycles. The highest BCUT2D eigenvalue weighted by Crippen LogP contribution is 2.11. The summed E-state index contributed by atoms with van der Waals surface area (Å²) in [6.07, 6.45) is 3.00. The highest BCUT2D eigenvalue weighted by atomic mass is 32.2. The lowest BCUT2D eigenvalue weighted by atomic mass is 10.3. The van der Waals surface area contributed by atoms with Gasteiger partial charge in [-0.15, -0.1) is 0 Å².